The van der Waals surface area contributed by atoms with Gasteiger partial charge < -0.3 is 21.1 Å². The second-order valence-corrected chi connectivity index (χ2v) is 4.96. The lowest BCUT2D eigenvalue weighted by molar-refractivity contribution is -0.118. The highest BCUT2D eigenvalue weighted by Gasteiger charge is 2.10. The second-order valence-electron chi connectivity index (χ2n) is 4.96. The molecule has 7 nitrogen and oxygen atoms in total. The zero-order chi connectivity index (χ0) is 17.5. The van der Waals surface area contributed by atoms with Crippen molar-refractivity contribution in [2.45, 2.75) is 6.92 Å². The third-order valence-electron chi connectivity index (χ3n) is 3.00. The van der Waals surface area contributed by atoms with Crippen LogP contribution in [-0.4, -0.2) is 24.3 Å². The predicted molar refractivity (Wildman–Crippen MR) is 89.8 cm³/mol. The number of carbonyl (C=O) groups is 3. The summed E-state index contributed by atoms with van der Waals surface area (Å²) < 4.78 is 5.34. The molecule has 0 radical (unpaired) electrons. The summed E-state index contributed by atoms with van der Waals surface area (Å²) in [4.78, 5) is 34.1. The molecule has 0 saturated carbocycles. The van der Waals surface area contributed by atoms with E-state index in [2.05, 4.69) is 10.6 Å². The van der Waals surface area contributed by atoms with Crippen LogP contribution in [0.4, 0.5) is 11.4 Å². The fraction of sp³-hybridized carbons (Fsp3) is 0.118. The maximum atomic E-state index is 11.9. The molecule has 0 aliphatic carbocycles. The topological polar surface area (TPSA) is 111 Å². The minimum atomic E-state index is -0.625. The molecular formula is C17H17N3O4. The van der Waals surface area contributed by atoms with E-state index in [-0.39, 0.29) is 29.7 Å². The number of benzene rings is 2. The van der Waals surface area contributed by atoms with Gasteiger partial charge in [-0.25, -0.2) is 0 Å². The minimum absolute atomic E-state index is 0.173. The molecule has 124 valence electrons. The monoisotopic (exact) mass is 327 g/mol. The van der Waals surface area contributed by atoms with Crippen molar-refractivity contribution in [3.63, 3.8) is 0 Å². The van der Waals surface area contributed by atoms with Crippen molar-refractivity contribution in [1.82, 2.24) is 0 Å². The summed E-state index contributed by atoms with van der Waals surface area (Å²) >= 11 is 0. The van der Waals surface area contributed by atoms with Crippen LogP contribution in [0.15, 0.2) is 48.5 Å². The number of primary amides is 1. The van der Waals surface area contributed by atoms with Gasteiger partial charge in [-0.2, -0.15) is 0 Å². The van der Waals surface area contributed by atoms with Crippen LogP contribution in [0, 0.1) is 0 Å². The van der Waals surface area contributed by atoms with Gasteiger partial charge in [0.25, 0.3) is 11.8 Å². The van der Waals surface area contributed by atoms with Gasteiger partial charge in [-0.05, 0) is 36.4 Å². The van der Waals surface area contributed by atoms with Crippen LogP contribution in [0.25, 0.3) is 0 Å². The van der Waals surface area contributed by atoms with Crippen molar-refractivity contribution in [3.8, 4) is 5.75 Å². The van der Waals surface area contributed by atoms with Gasteiger partial charge in [0.1, 0.15) is 5.75 Å². The average molecular weight is 327 g/mol. The van der Waals surface area contributed by atoms with Crippen LogP contribution < -0.4 is 21.1 Å². The summed E-state index contributed by atoms with van der Waals surface area (Å²) in [5.41, 5.74) is 6.64. The van der Waals surface area contributed by atoms with E-state index in [0.717, 1.165) is 0 Å². The number of anilines is 2. The molecule has 2 aromatic rings. The molecule has 2 rings (SSSR count). The fourth-order valence-electron chi connectivity index (χ4n) is 1.98. The molecule has 0 saturated heterocycles. The first-order valence-corrected chi connectivity index (χ1v) is 7.15. The standard InChI is InChI=1S/C17H17N3O4/c1-11(21)19-12-6-8-13(9-7-12)20-16(22)10-24-15-5-3-2-4-14(15)17(18)23/h2-9H,10H2,1H3,(H2,18,23)(H,19,21)(H,20,22). The predicted octanol–water partition coefficient (Wildman–Crippen LogP) is 1.76. The van der Waals surface area contributed by atoms with Gasteiger partial charge in [0.15, 0.2) is 6.61 Å². The molecule has 0 aliphatic rings. The van der Waals surface area contributed by atoms with E-state index in [1.54, 1.807) is 42.5 Å². The highest BCUT2D eigenvalue weighted by atomic mass is 16.5. The van der Waals surface area contributed by atoms with Crippen molar-refractivity contribution >= 4 is 29.1 Å². The fourth-order valence-corrected chi connectivity index (χ4v) is 1.98. The number of hydrogen-bond acceptors (Lipinski definition) is 4. The Bertz CT molecular complexity index is 757. The first-order chi connectivity index (χ1) is 11.5. The molecule has 4 N–H and O–H groups in total. The van der Waals surface area contributed by atoms with Crippen LogP contribution in [0.1, 0.15) is 17.3 Å². The zero-order valence-electron chi connectivity index (χ0n) is 13.0. The largest absolute Gasteiger partial charge is 0.483 e. The normalized spacial score (nSPS) is 9.88. The van der Waals surface area contributed by atoms with Crippen LogP contribution in [-0.2, 0) is 9.59 Å². The first-order valence-electron chi connectivity index (χ1n) is 7.15. The van der Waals surface area contributed by atoms with Crippen LogP contribution in [0.2, 0.25) is 0 Å². The van der Waals surface area contributed by atoms with E-state index in [0.29, 0.717) is 11.4 Å². The summed E-state index contributed by atoms with van der Waals surface area (Å²) in [6.07, 6.45) is 0. The number of nitrogens with one attached hydrogen (secondary N) is 2. The van der Waals surface area contributed by atoms with Gasteiger partial charge in [0.2, 0.25) is 5.91 Å². The molecule has 0 spiro atoms. The Morgan fingerprint density at radius 1 is 0.958 bits per heavy atom. The molecule has 0 aromatic heterocycles. The zero-order valence-corrected chi connectivity index (χ0v) is 13.0. The molecular weight excluding hydrogens is 310 g/mol. The SMILES string of the molecule is CC(=O)Nc1ccc(NC(=O)COc2ccccc2C(N)=O)cc1. The molecule has 24 heavy (non-hydrogen) atoms. The molecule has 0 aliphatic heterocycles. The first kappa shape index (κ1) is 17.0. The Labute approximate surface area is 138 Å². The van der Waals surface area contributed by atoms with Gasteiger partial charge >= 0.3 is 0 Å². The van der Waals surface area contributed by atoms with Crippen LogP contribution in [0.3, 0.4) is 0 Å². The molecule has 7 heteroatoms. The average Bonchev–Trinajstić information content (AvgIpc) is 2.54. The maximum Gasteiger partial charge on any atom is 0.262 e. The van der Waals surface area contributed by atoms with E-state index in [4.69, 9.17) is 10.5 Å². The Morgan fingerprint density at radius 2 is 1.54 bits per heavy atom. The molecule has 0 unspecified atom stereocenters. The van der Waals surface area contributed by atoms with Gasteiger partial charge in [0.05, 0.1) is 5.56 Å². The molecule has 0 fully saturated rings. The lowest BCUT2D eigenvalue weighted by atomic mass is 10.2. The van der Waals surface area contributed by atoms with E-state index in [1.165, 1.54) is 13.0 Å². The summed E-state index contributed by atoms with van der Waals surface area (Å²) in [5, 5.41) is 5.28. The number of nitrogens with two attached hydrogens (primary N) is 1. The minimum Gasteiger partial charge on any atom is -0.483 e. The second kappa shape index (κ2) is 7.77. The number of carbonyl (C=O) groups excluding carboxylic acids is 3. The van der Waals surface area contributed by atoms with Crippen molar-refractivity contribution in [2.75, 3.05) is 17.2 Å². The smallest absolute Gasteiger partial charge is 0.262 e. The Kier molecular flexibility index (Phi) is 5.51. The van der Waals surface area contributed by atoms with E-state index in [1.807, 2.05) is 0 Å². The van der Waals surface area contributed by atoms with Gasteiger partial charge in [-0.3, -0.25) is 14.4 Å². The molecule has 0 atom stereocenters. The van der Waals surface area contributed by atoms with E-state index >= 15 is 0 Å². The van der Waals surface area contributed by atoms with Crippen molar-refractivity contribution in [2.24, 2.45) is 5.73 Å². The molecule has 3 amide bonds. The number of amides is 3. The van der Waals surface area contributed by atoms with Gasteiger partial charge in [-0.1, -0.05) is 12.1 Å². The lowest BCUT2D eigenvalue weighted by Crippen LogP contribution is -2.21. The summed E-state index contributed by atoms with van der Waals surface area (Å²) in [5.74, 6) is -0.935. The maximum absolute atomic E-state index is 11.9. The van der Waals surface area contributed by atoms with E-state index < -0.39 is 5.91 Å². The Morgan fingerprint density at radius 3 is 2.12 bits per heavy atom. The highest BCUT2D eigenvalue weighted by Crippen LogP contribution is 2.17. The van der Waals surface area contributed by atoms with E-state index in [9.17, 15) is 14.4 Å². The quantitative estimate of drug-likeness (QED) is 0.750. The molecule has 2 aromatic carbocycles. The summed E-state index contributed by atoms with van der Waals surface area (Å²) in [7, 11) is 0. The molecule has 0 heterocycles. The molecule has 0 bridgehead atoms. The Balaban J connectivity index is 1.92. The van der Waals surface area contributed by atoms with Crippen molar-refractivity contribution in [1.29, 1.82) is 0 Å². The number of para-hydroxylation sites is 1. The third kappa shape index (κ3) is 4.84. The lowest BCUT2D eigenvalue weighted by Gasteiger charge is -2.10. The van der Waals surface area contributed by atoms with Crippen molar-refractivity contribution < 1.29 is 19.1 Å². The summed E-state index contributed by atoms with van der Waals surface area (Å²) in [6.45, 7) is 1.15. The highest BCUT2D eigenvalue weighted by molar-refractivity contribution is 5.96. The van der Waals surface area contributed by atoms with Crippen LogP contribution in [0.5, 0.6) is 5.75 Å². The third-order valence-corrected chi connectivity index (χ3v) is 3.00. The van der Waals surface area contributed by atoms with Crippen LogP contribution >= 0.6 is 0 Å². The van der Waals surface area contributed by atoms with Crippen molar-refractivity contribution in [3.05, 3.63) is 54.1 Å². The number of ether oxygens (including phenoxy) is 1. The Hall–Kier alpha value is -3.35. The van der Waals surface area contributed by atoms with Gasteiger partial charge in [-0.15, -0.1) is 0 Å². The summed E-state index contributed by atoms with van der Waals surface area (Å²) in [6, 6.07) is 13.1. The number of rotatable bonds is 6. The number of hydrogen-bond donors (Lipinski definition) is 3. The van der Waals surface area contributed by atoms with Gasteiger partial charge in [0, 0.05) is 18.3 Å².